The van der Waals surface area contributed by atoms with Crippen LogP contribution in [0.5, 0.6) is 0 Å². The fourth-order valence-corrected chi connectivity index (χ4v) is 4.48. The van der Waals surface area contributed by atoms with Crippen molar-refractivity contribution in [3.05, 3.63) is 29.6 Å². The quantitative estimate of drug-likeness (QED) is 0.902. The monoisotopic (exact) mass is 337 g/mol. The summed E-state index contributed by atoms with van der Waals surface area (Å²) in [5, 5.41) is 3.11. The number of rotatable bonds is 3. The second-order valence-electron chi connectivity index (χ2n) is 7.59. The van der Waals surface area contributed by atoms with Crippen molar-refractivity contribution < 1.29 is 4.79 Å². The average Bonchev–Trinajstić information content (AvgIpc) is 2.88. The van der Waals surface area contributed by atoms with E-state index in [-0.39, 0.29) is 11.9 Å². The van der Waals surface area contributed by atoms with E-state index in [4.69, 9.17) is 5.73 Å². The molecule has 3 aliphatic rings. The number of nitrogen functional groups attached to an aromatic ring is 1. The van der Waals surface area contributed by atoms with Crippen LogP contribution in [0.25, 0.3) is 11.4 Å². The maximum atomic E-state index is 12.6. The van der Waals surface area contributed by atoms with Crippen LogP contribution in [-0.2, 0) is 0 Å². The lowest BCUT2D eigenvalue weighted by atomic mass is 9.72. The van der Waals surface area contributed by atoms with E-state index in [1.54, 1.807) is 6.20 Å². The largest absolute Gasteiger partial charge is 0.368 e. The molecule has 2 saturated carbocycles. The summed E-state index contributed by atoms with van der Waals surface area (Å²) < 4.78 is 2.42. The lowest BCUT2D eigenvalue weighted by Crippen LogP contribution is -2.41. The molecule has 5 rings (SSSR count). The molecular weight excluding hydrogens is 314 g/mol. The summed E-state index contributed by atoms with van der Waals surface area (Å²) in [6.07, 6.45) is 9.14. The van der Waals surface area contributed by atoms with Crippen LogP contribution < -0.4 is 11.1 Å². The number of carbonyl (C=O) groups excluding carboxylic acids is 1. The lowest BCUT2D eigenvalue weighted by molar-refractivity contribution is 0.0922. The van der Waals surface area contributed by atoms with Crippen molar-refractivity contribution in [2.45, 2.75) is 50.5 Å². The molecule has 0 saturated heterocycles. The molecule has 3 N–H and O–H groups in total. The first-order chi connectivity index (χ1) is 12.2. The van der Waals surface area contributed by atoms with Crippen LogP contribution in [0.4, 0.5) is 5.95 Å². The van der Waals surface area contributed by atoms with Crippen LogP contribution in [0, 0.1) is 5.92 Å². The Labute approximate surface area is 146 Å². The Morgan fingerprint density at radius 2 is 2.00 bits per heavy atom. The fourth-order valence-electron chi connectivity index (χ4n) is 4.48. The maximum Gasteiger partial charge on any atom is 0.253 e. The van der Waals surface area contributed by atoms with Gasteiger partial charge in [-0.05, 0) is 50.2 Å². The third-order valence-corrected chi connectivity index (χ3v) is 6.25. The van der Waals surface area contributed by atoms with Gasteiger partial charge in [0.15, 0.2) is 0 Å². The summed E-state index contributed by atoms with van der Waals surface area (Å²) in [5.74, 6) is 1.44. The van der Waals surface area contributed by atoms with E-state index < -0.39 is 0 Å². The minimum atomic E-state index is 0.0481. The van der Waals surface area contributed by atoms with Crippen molar-refractivity contribution in [2.75, 3.05) is 12.3 Å². The second kappa shape index (κ2) is 5.58. The third-order valence-electron chi connectivity index (χ3n) is 6.25. The van der Waals surface area contributed by atoms with E-state index in [0.29, 0.717) is 17.9 Å². The number of nitrogens with two attached hydrogens (primary N) is 1. The average molecular weight is 337 g/mol. The molecule has 0 aromatic carbocycles. The van der Waals surface area contributed by atoms with Crippen molar-refractivity contribution in [3.8, 4) is 11.4 Å². The Hall–Kier alpha value is -2.37. The Morgan fingerprint density at radius 1 is 1.20 bits per heavy atom. The number of hydrogen-bond acceptors (Lipinski definition) is 4. The molecule has 2 fully saturated rings. The fraction of sp³-hybridized carbons (Fsp3) is 0.526. The molecule has 3 heterocycles. The molecule has 6 heteroatoms. The first kappa shape index (κ1) is 14.9. The number of nitrogens with one attached hydrogen (secondary N) is 1. The standard InChI is InChI=1S/C19H23N5O/c20-19-21-8-7-15(23-19)16-9-13-17(24(16)12-5-2-6-12)14(10-22-18(13)25)11-3-1-4-11/h7-9,11-12,14H,1-6,10H2,(H,22,25)(H2,20,21,23). The van der Waals surface area contributed by atoms with Gasteiger partial charge in [0, 0.05) is 30.4 Å². The van der Waals surface area contributed by atoms with Gasteiger partial charge < -0.3 is 15.6 Å². The summed E-state index contributed by atoms with van der Waals surface area (Å²) in [7, 11) is 0. The smallest absolute Gasteiger partial charge is 0.253 e. The zero-order valence-corrected chi connectivity index (χ0v) is 14.2. The molecule has 1 aliphatic heterocycles. The van der Waals surface area contributed by atoms with Crippen molar-refractivity contribution in [2.24, 2.45) is 5.92 Å². The Balaban J connectivity index is 1.70. The van der Waals surface area contributed by atoms with Crippen LogP contribution >= 0.6 is 0 Å². The number of amides is 1. The van der Waals surface area contributed by atoms with Crippen LogP contribution in [0.3, 0.4) is 0 Å². The van der Waals surface area contributed by atoms with E-state index >= 15 is 0 Å². The lowest BCUT2D eigenvalue weighted by Gasteiger charge is -2.40. The molecule has 0 radical (unpaired) electrons. The highest BCUT2D eigenvalue weighted by atomic mass is 16.1. The van der Waals surface area contributed by atoms with Gasteiger partial charge in [-0.25, -0.2) is 9.97 Å². The van der Waals surface area contributed by atoms with Crippen LogP contribution in [0.2, 0.25) is 0 Å². The number of hydrogen-bond donors (Lipinski definition) is 2. The first-order valence-electron chi connectivity index (χ1n) is 9.34. The van der Waals surface area contributed by atoms with Gasteiger partial charge in [-0.3, -0.25) is 4.79 Å². The molecule has 6 nitrogen and oxygen atoms in total. The molecule has 2 aliphatic carbocycles. The highest BCUT2D eigenvalue weighted by molar-refractivity contribution is 5.98. The highest BCUT2D eigenvalue weighted by Gasteiger charge is 2.40. The normalized spacial score (nSPS) is 23.5. The Bertz CT molecular complexity index is 834. The van der Waals surface area contributed by atoms with Gasteiger partial charge in [0.2, 0.25) is 5.95 Å². The van der Waals surface area contributed by atoms with Crippen LogP contribution in [0.15, 0.2) is 18.3 Å². The summed E-state index contributed by atoms with van der Waals surface area (Å²) in [5.41, 5.74) is 9.72. The minimum Gasteiger partial charge on any atom is -0.368 e. The van der Waals surface area contributed by atoms with Gasteiger partial charge in [-0.2, -0.15) is 0 Å². The van der Waals surface area contributed by atoms with Gasteiger partial charge in [0.05, 0.1) is 17.0 Å². The maximum absolute atomic E-state index is 12.6. The molecule has 1 atom stereocenters. The Kier molecular flexibility index (Phi) is 3.33. The number of carbonyl (C=O) groups is 1. The predicted octanol–water partition coefficient (Wildman–Crippen LogP) is 2.88. The van der Waals surface area contributed by atoms with Crippen LogP contribution in [-0.4, -0.2) is 27.0 Å². The van der Waals surface area contributed by atoms with Gasteiger partial charge in [-0.1, -0.05) is 6.42 Å². The van der Waals surface area contributed by atoms with E-state index in [1.165, 1.54) is 44.2 Å². The molecule has 1 unspecified atom stereocenters. The zero-order chi connectivity index (χ0) is 17.0. The van der Waals surface area contributed by atoms with Gasteiger partial charge in [0.25, 0.3) is 5.91 Å². The molecular formula is C19H23N5O. The van der Waals surface area contributed by atoms with Gasteiger partial charge >= 0.3 is 0 Å². The number of nitrogens with zero attached hydrogens (tertiary/aromatic N) is 3. The summed E-state index contributed by atoms with van der Waals surface area (Å²) >= 11 is 0. The summed E-state index contributed by atoms with van der Waals surface area (Å²) in [6.45, 7) is 0.762. The highest BCUT2D eigenvalue weighted by Crippen LogP contribution is 2.47. The van der Waals surface area contributed by atoms with E-state index in [9.17, 15) is 4.79 Å². The van der Waals surface area contributed by atoms with E-state index in [0.717, 1.165) is 23.5 Å². The van der Waals surface area contributed by atoms with Gasteiger partial charge in [0.1, 0.15) is 0 Å². The van der Waals surface area contributed by atoms with Crippen molar-refractivity contribution in [3.63, 3.8) is 0 Å². The summed E-state index contributed by atoms with van der Waals surface area (Å²) in [6, 6.07) is 4.39. The molecule has 0 spiro atoms. The van der Waals surface area contributed by atoms with Crippen LogP contribution in [0.1, 0.15) is 66.5 Å². The number of anilines is 1. The predicted molar refractivity (Wildman–Crippen MR) is 95.2 cm³/mol. The minimum absolute atomic E-state index is 0.0481. The zero-order valence-electron chi connectivity index (χ0n) is 14.2. The number of fused-ring (bicyclic) bond motifs is 1. The van der Waals surface area contributed by atoms with Crippen molar-refractivity contribution >= 4 is 11.9 Å². The van der Waals surface area contributed by atoms with E-state index in [2.05, 4.69) is 19.9 Å². The topological polar surface area (TPSA) is 85.8 Å². The van der Waals surface area contributed by atoms with Crippen molar-refractivity contribution in [1.29, 1.82) is 0 Å². The molecule has 0 bridgehead atoms. The molecule has 2 aromatic heterocycles. The summed E-state index contributed by atoms with van der Waals surface area (Å²) in [4.78, 5) is 21.0. The second-order valence-corrected chi connectivity index (χ2v) is 7.59. The van der Waals surface area contributed by atoms with Gasteiger partial charge in [-0.15, -0.1) is 0 Å². The number of aromatic nitrogens is 3. The SMILES string of the molecule is Nc1nccc(-c2cc3c(n2C2CCC2)C(C2CCC2)CNC3=O)n1. The van der Waals surface area contributed by atoms with Crippen molar-refractivity contribution in [1.82, 2.24) is 19.9 Å². The molecule has 130 valence electrons. The van der Waals surface area contributed by atoms with E-state index in [1.807, 2.05) is 12.1 Å². The first-order valence-corrected chi connectivity index (χ1v) is 9.34. The molecule has 2 aromatic rings. The Morgan fingerprint density at radius 3 is 2.64 bits per heavy atom. The molecule has 1 amide bonds. The molecule has 25 heavy (non-hydrogen) atoms. The third kappa shape index (κ3) is 2.27.